The molecular weight excluding hydrogens is 164 g/mol. The highest BCUT2D eigenvalue weighted by atomic mass is 16.3. The molecule has 76 valence electrons. The number of fused-ring (bicyclic) bond motifs is 1. The van der Waals surface area contributed by atoms with Gasteiger partial charge in [0.05, 0.1) is 6.10 Å². The Hall–Kier alpha value is -0.120. The molecule has 2 saturated heterocycles. The molecule has 0 aromatic rings. The summed E-state index contributed by atoms with van der Waals surface area (Å²) in [5.74, 6) is 0. The Kier molecular flexibility index (Phi) is 2.86. The molecule has 2 heterocycles. The summed E-state index contributed by atoms with van der Waals surface area (Å²) >= 11 is 0. The monoisotopic (exact) mass is 184 g/mol. The largest absolute Gasteiger partial charge is 0.392 e. The average molecular weight is 184 g/mol. The Morgan fingerprint density at radius 1 is 1.38 bits per heavy atom. The van der Waals surface area contributed by atoms with E-state index >= 15 is 0 Å². The van der Waals surface area contributed by atoms with Crippen LogP contribution in [-0.4, -0.2) is 59.8 Å². The van der Waals surface area contributed by atoms with Gasteiger partial charge >= 0.3 is 0 Å². The number of nitrogens with zero attached hydrogens (tertiary/aromatic N) is 2. The SMILES string of the molecule is CC(O)CN1CCN2CCCC2C1. The third kappa shape index (κ3) is 2.22. The first-order valence-electron chi connectivity index (χ1n) is 5.40. The lowest BCUT2D eigenvalue weighted by atomic mass is 10.1. The van der Waals surface area contributed by atoms with E-state index in [1.807, 2.05) is 6.92 Å². The molecule has 3 nitrogen and oxygen atoms in total. The van der Waals surface area contributed by atoms with E-state index in [0.29, 0.717) is 0 Å². The maximum atomic E-state index is 9.29. The van der Waals surface area contributed by atoms with Crippen LogP contribution in [0.3, 0.4) is 0 Å². The molecule has 2 unspecified atom stereocenters. The van der Waals surface area contributed by atoms with Crippen molar-refractivity contribution in [3.63, 3.8) is 0 Å². The fourth-order valence-electron chi connectivity index (χ4n) is 2.59. The van der Waals surface area contributed by atoms with E-state index in [4.69, 9.17) is 0 Å². The van der Waals surface area contributed by atoms with Gasteiger partial charge in [0.25, 0.3) is 0 Å². The zero-order valence-corrected chi connectivity index (χ0v) is 8.45. The average Bonchev–Trinajstić information content (AvgIpc) is 2.49. The molecule has 2 aliphatic heterocycles. The second-order valence-electron chi connectivity index (χ2n) is 4.44. The zero-order valence-electron chi connectivity index (χ0n) is 8.45. The number of hydrogen-bond acceptors (Lipinski definition) is 3. The van der Waals surface area contributed by atoms with Crippen LogP contribution in [0.2, 0.25) is 0 Å². The van der Waals surface area contributed by atoms with Gasteiger partial charge in [-0.1, -0.05) is 0 Å². The maximum absolute atomic E-state index is 9.29. The molecule has 0 radical (unpaired) electrons. The molecule has 0 amide bonds. The van der Waals surface area contributed by atoms with Gasteiger partial charge in [-0.3, -0.25) is 9.80 Å². The highest BCUT2D eigenvalue weighted by molar-refractivity contribution is 4.87. The summed E-state index contributed by atoms with van der Waals surface area (Å²) in [6.07, 6.45) is 2.55. The number of piperazine rings is 1. The first kappa shape index (κ1) is 9.44. The molecule has 0 aliphatic carbocycles. The summed E-state index contributed by atoms with van der Waals surface area (Å²) in [6.45, 7) is 7.54. The van der Waals surface area contributed by atoms with Crippen LogP contribution in [0.15, 0.2) is 0 Å². The molecule has 0 aromatic carbocycles. The van der Waals surface area contributed by atoms with Crippen LogP contribution in [-0.2, 0) is 0 Å². The zero-order chi connectivity index (χ0) is 9.26. The van der Waals surface area contributed by atoms with Crippen LogP contribution in [0.4, 0.5) is 0 Å². The topological polar surface area (TPSA) is 26.7 Å². The third-order valence-corrected chi connectivity index (χ3v) is 3.19. The fraction of sp³-hybridized carbons (Fsp3) is 1.00. The molecule has 2 atom stereocenters. The standard InChI is InChI=1S/C10H20N2O/c1-9(13)7-11-5-6-12-4-2-3-10(12)8-11/h9-10,13H,2-8H2,1H3. The quantitative estimate of drug-likeness (QED) is 0.661. The van der Waals surface area contributed by atoms with Crippen LogP contribution in [0.5, 0.6) is 0 Å². The molecule has 0 saturated carbocycles. The number of rotatable bonds is 2. The summed E-state index contributed by atoms with van der Waals surface area (Å²) < 4.78 is 0. The van der Waals surface area contributed by atoms with E-state index in [1.54, 1.807) is 0 Å². The highest BCUT2D eigenvalue weighted by Crippen LogP contribution is 2.21. The van der Waals surface area contributed by atoms with E-state index in [-0.39, 0.29) is 6.10 Å². The van der Waals surface area contributed by atoms with Crippen molar-refractivity contribution in [2.75, 3.05) is 32.7 Å². The molecule has 0 aromatic heterocycles. The molecule has 0 spiro atoms. The van der Waals surface area contributed by atoms with Crippen LogP contribution in [0.25, 0.3) is 0 Å². The first-order valence-corrected chi connectivity index (χ1v) is 5.40. The van der Waals surface area contributed by atoms with Crippen molar-refractivity contribution in [1.29, 1.82) is 0 Å². The van der Waals surface area contributed by atoms with Crippen LogP contribution < -0.4 is 0 Å². The smallest absolute Gasteiger partial charge is 0.0639 e. The molecule has 2 fully saturated rings. The predicted octanol–water partition coefficient (Wildman–Crippen LogP) is 0.147. The third-order valence-electron chi connectivity index (χ3n) is 3.19. The van der Waals surface area contributed by atoms with Gasteiger partial charge in [-0.25, -0.2) is 0 Å². The molecular formula is C10H20N2O. The van der Waals surface area contributed by atoms with Crippen molar-refractivity contribution in [2.45, 2.75) is 31.9 Å². The Bertz CT molecular complexity index is 172. The van der Waals surface area contributed by atoms with Crippen LogP contribution in [0, 0.1) is 0 Å². The van der Waals surface area contributed by atoms with Gasteiger partial charge in [-0.15, -0.1) is 0 Å². The maximum Gasteiger partial charge on any atom is 0.0639 e. The first-order chi connectivity index (χ1) is 6.25. The van der Waals surface area contributed by atoms with Crippen molar-refractivity contribution >= 4 is 0 Å². The van der Waals surface area contributed by atoms with Gasteiger partial charge in [-0.05, 0) is 26.3 Å². The predicted molar refractivity (Wildman–Crippen MR) is 52.7 cm³/mol. The minimum atomic E-state index is -0.173. The lowest BCUT2D eigenvalue weighted by molar-refractivity contribution is 0.0635. The number of hydrogen-bond donors (Lipinski definition) is 1. The molecule has 0 bridgehead atoms. The van der Waals surface area contributed by atoms with Gasteiger partial charge in [-0.2, -0.15) is 0 Å². The van der Waals surface area contributed by atoms with Gasteiger partial charge in [0, 0.05) is 32.2 Å². The minimum Gasteiger partial charge on any atom is -0.392 e. The summed E-state index contributed by atoms with van der Waals surface area (Å²) in [7, 11) is 0. The van der Waals surface area contributed by atoms with Crippen LogP contribution in [0.1, 0.15) is 19.8 Å². The van der Waals surface area contributed by atoms with Crippen molar-refractivity contribution in [3.05, 3.63) is 0 Å². The van der Waals surface area contributed by atoms with Gasteiger partial charge < -0.3 is 5.11 Å². The fourth-order valence-corrected chi connectivity index (χ4v) is 2.59. The minimum absolute atomic E-state index is 0.173. The van der Waals surface area contributed by atoms with Gasteiger partial charge in [0.1, 0.15) is 0 Å². The van der Waals surface area contributed by atoms with E-state index in [2.05, 4.69) is 9.80 Å². The number of aliphatic hydroxyl groups excluding tert-OH is 1. The Morgan fingerprint density at radius 3 is 3.00 bits per heavy atom. The molecule has 2 aliphatic rings. The second kappa shape index (κ2) is 3.95. The van der Waals surface area contributed by atoms with Crippen molar-refractivity contribution in [1.82, 2.24) is 9.80 Å². The highest BCUT2D eigenvalue weighted by Gasteiger charge is 2.30. The Labute approximate surface area is 80.3 Å². The van der Waals surface area contributed by atoms with Crippen LogP contribution >= 0.6 is 0 Å². The number of aliphatic hydroxyl groups is 1. The molecule has 2 rings (SSSR count). The second-order valence-corrected chi connectivity index (χ2v) is 4.44. The van der Waals surface area contributed by atoms with Crippen molar-refractivity contribution in [2.24, 2.45) is 0 Å². The van der Waals surface area contributed by atoms with Gasteiger partial charge in [0.15, 0.2) is 0 Å². The summed E-state index contributed by atoms with van der Waals surface area (Å²) in [6, 6.07) is 0.785. The summed E-state index contributed by atoms with van der Waals surface area (Å²) in [5, 5.41) is 9.29. The molecule has 13 heavy (non-hydrogen) atoms. The lowest BCUT2D eigenvalue weighted by Crippen LogP contribution is -2.51. The van der Waals surface area contributed by atoms with Gasteiger partial charge in [0.2, 0.25) is 0 Å². The van der Waals surface area contributed by atoms with Crippen molar-refractivity contribution < 1.29 is 5.11 Å². The van der Waals surface area contributed by atoms with E-state index < -0.39 is 0 Å². The number of β-amino-alcohol motifs (C(OH)–C–C–N with tert-alkyl or cyclic N) is 1. The van der Waals surface area contributed by atoms with E-state index in [0.717, 1.165) is 19.1 Å². The van der Waals surface area contributed by atoms with Crippen molar-refractivity contribution in [3.8, 4) is 0 Å². The Morgan fingerprint density at radius 2 is 2.23 bits per heavy atom. The van der Waals surface area contributed by atoms with E-state index in [1.165, 1.54) is 32.5 Å². The molecule has 1 N–H and O–H groups in total. The molecule has 3 heteroatoms. The lowest BCUT2D eigenvalue weighted by Gasteiger charge is -2.37. The Balaban J connectivity index is 1.83. The van der Waals surface area contributed by atoms with E-state index in [9.17, 15) is 5.11 Å². The summed E-state index contributed by atoms with van der Waals surface area (Å²) in [4.78, 5) is 5.00. The summed E-state index contributed by atoms with van der Waals surface area (Å²) in [5.41, 5.74) is 0. The normalized spacial score (nSPS) is 33.2.